The number of fused-ring (bicyclic) bond motifs is 2. The van der Waals surface area contributed by atoms with Gasteiger partial charge in [0.15, 0.2) is 5.69 Å². The van der Waals surface area contributed by atoms with Crippen LogP contribution in [-0.2, 0) is 9.53 Å². The van der Waals surface area contributed by atoms with Crippen LogP contribution < -0.4 is 15.4 Å². The maximum atomic E-state index is 13.5. The number of ether oxygens (including phenoxy) is 2. The molecule has 0 aliphatic carbocycles. The predicted octanol–water partition coefficient (Wildman–Crippen LogP) is 3.88. The van der Waals surface area contributed by atoms with Gasteiger partial charge in [0.25, 0.3) is 11.8 Å². The van der Waals surface area contributed by atoms with Crippen LogP contribution in [0.25, 0.3) is 0 Å². The lowest BCUT2D eigenvalue weighted by Crippen LogP contribution is -2.54. The number of hydrogen-bond donors (Lipinski definition) is 2. The van der Waals surface area contributed by atoms with E-state index in [2.05, 4.69) is 15.8 Å². The molecule has 1 fully saturated rings. The Morgan fingerprint density at radius 3 is 2.67 bits per heavy atom. The standard InChI is InChI=1S/C29H32N4O6/c1-17-13-23(32-39-17)28(35)31-20-9-12-25-22(14-20)29(36)33(3)24-11-10-21(38-26(24)16-37-25)15-27(34)30-18(2)19-7-5-4-6-8-19/h4-9,12-14,18,21,24,26H,10-11,15-16H2,1-3H3,(H,30,34)(H,31,35)/t18-,21-,24-,26-/m0/s1. The van der Waals surface area contributed by atoms with Crippen molar-refractivity contribution >= 4 is 23.4 Å². The topological polar surface area (TPSA) is 123 Å². The van der Waals surface area contributed by atoms with Crippen LogP contribution in [0.3, 0.4) is 0 Å². The molecule has 5 rings (SSSR count). The lowest BCUT2D eigenvalue weighted by atomic mass is 9.94. The molecule has 0 bridgehead atoms. The molecule has 2 aliphatic rings. The first-order chi connectivity index (χ1) is 18.8. The molecular formula is C29H32N4O6. The SMILES string of the molecule is Cc1cc(C(=O)Nc2ccc3c(c2)C(=O)N(C)[C@H]2CC[C@@H](CC(=O)N[C@@H](C)c4ccccc4)O[C@H]2CO3)no1. The van der Waals surface area contributed by atoms with Crippen molar-refractivity contribution < 1.29 is 28.4 Å². The van der Waals surface area contributed by atoms with Crippen LogP contribution in [0.4, 0.5) is 5.69 Å². The summed E-state index contributed by atoms with van der Waals surface area (Å²) in [6.07, 6.45) is 0.923. The van der Waals surface area contributed by atoms with Gasteiger partial charge in [-0.2, -0.15) is 0 Å². The fourth-order valence-corrected chi connectivity index (χ4v) is 5.11. The average Bonchev–Trinajstić information content (AvgIpc) is 3.38. The number of amides is 3. The highest BCUT2D eigenvalue weighted by molar-refractivity contribution is 6.04. The molecule has 0 saturated carbocycles. The van der Waals surface area contributed by atoms with Gasteiger partial charge in [-0.3, -0.25) is 14.4 Å². The maximum absolute atomic E-state index is 13.5. The molecule has 1 saturated heterocycles. The molecular weight excluding hydrogens is 500 g/mol. The lowest BCUT2D eigenvalue weighted by molar-refractivity contribution is -0.134. The molecule has 204 valence electrons. The number of anilines is 1. The third-order valence-corrected chi connectivity index (χ3v) is 7.22. The number of carbonyl (C=O) groups excluding carboxylic acids is 3. The number of hydrogen-bond acceptors (Lipinski definition) is 7. The van der Waals surface area contributed by atoms with Crippen molar-refractivity contribution in [1.82, 2.24) is 15.4 Å². The largest absolute Gasteiger partial charge is 0.490 e. The Bertz CT molecular complexity index is 1360. The zero-order chi connectivity index (χ0) is 27.5. The molecule has 10 nitrogen and oxygen atoms in total. The van der Waals surface area contributed by atoms with Crippen LogP contribution in [0.1, 0.15) is 64.4 Å². The van der Waals surface area contributed by atoms with Gasteiger partial charge in [0.1, 0.15) is 24.2 Å². The van der Waals surface area contributed by atoms with Crippen molar-refractivity contribution in [3.8, 4) is 5.75 Å². The lowest BCUT2D eigenvalue weighted by Gasteiger charge is -2.42. The van der Waals surface area contributed by atoms with Gasteiger partial charge >= 0.3 is 0 Å². The fourth-order valence-electron chi connectivity index (χ4n) is 5.11. The van der Waals surface area contributed by atoms with Crippen LogP contribution in [0.2, 0.25) is 0 Å². The number of aromatic nitrogens is 1. The molecule has 39 heavy (non-hydrogen) atoms. The van der Waals surface area contributed by atoms with Crippen molar-refractivity contribution in [2.24, 2.45) is 0 Å². The summed E-state index contributed by atoms with van der Waals surface area (Å²) >= 11 is 0. The van der Waals surface area contributed by atoms with E-state index in [1.54, 1.807) is 37.1 Å². The number of nitrogens with one attached hydrogen (secondary N) is 2. The van der Waals surface area contributed by atoms with E-state index < -0.39 is 5.91 Å². The Kier molecular flexibility index (Phi) is 7.65. The van der Waals surface area contributed by atoms with E-state index in [0.29, 0.717) is 35.6 Å². The number of aryl methyl sites for hydroxylation is 1. The molecule has 2 N–H and O–H groups in total. The Balaban J connectivity index is 1.23. The second kappa shape index (κ2) is 11.3. The third kappa shape index (κ3) is 5.96. The van der Waals surface area contributed by atoms with Crippen LogP contribution in [0.5, 0.6) is 5.75 Å². The molecule has 0 radical (unpaired) electrons. The van der Waals surface area contributed by atoms with Gasteiger partial charge in [-0.1, -0.05) is 35.5 Å². The first-order valence-corrected chi connectivity index (χ1v) is 13.1. The molecule has 0 spiro atoms. The predicted molar refractivity (Wildman–Crippen MR) is 143 cm³/mol. The van der Waals surface area contributed by atoms with Gasteiger partial charge in [0.2, 0.25) is 5.91 Å². The van der Waals surface area contributed by atoms with Crippen molar-refractivity contribution in [3.05, 3.63) is 77.2 Å². The molecule has 0 unspecified atom stereocenters. The summed E-state index contributed by atoms with van der Waals surface area (Å²) in [6, 6.07) is 16.0. The Morgan fingerprint density at radius 1 is 1.13 bits per heavy atom. The van der Waals surface area contributed by atoms with E-state index in [1.807, 2.05) is 37.3 Å². The summed E-state index contributed by atoms with van der Waals surface area (Å²) in [4.78, 5) is 40.3. The van der Waals surface area contributed by atoms with Crippen LogP contribution >= 0.6 is 0 Å². The third-order valence-electron chi connectivity index (χ3n) is 7.22. The fraction of sp³-hybridized carbons (Fsp3) is 0.379. The monoisotopic (exact) mass is 532 g/mol. The molecule has 3 amide bonds. The smallest absolute Gasteiger partial charge is 0.277 e. The summed E-state index contributed by atoms with van der Waals surface area (Å²) < 4.78 is 17.3. The molecule has 3 heterocycles. The quantitative estimate of drug-likeness (QED) is 0.494. The molecule has 10 heteroatoms. The summed E-state index contributed by atoms with van der Waals surface area (Å²) in [6.45, 7) is 3.89. The van der Waals surface area contributed by atoms with E-state index in [9.17, 15) is 14.4 Å². The number of benzene rings is 2. The Labute approximate surface area is 226 Å². The van der Waals surface area contributed by atoms with Gasteiger partial charge in [-0.05, 0) is 50.5 Å². The van der Waals surface area contributed by atoms with E-state index >= 15 is 0 Å². The highest BCUT2D eigenvalue weighted by Gasteiger charge is 2.39. The number of likely N-dealkylation sites (N-methyl/N-ethyl adjacent to an activating group) is 1. The normalized spacial score (nSPS) is 21.5. The number of carbonyl (C=O) groups is 3. The second-order valence-electron chi connectivity index (χ2n) is 10.1. The van der Waals surface area contributed by atoms with Crippen molar-refractivity contribution in [2.75, 3.05) is 19.0 Å². The first-order valence-electron chi connectivity index (χ1n) is 13.1. The number of nitrogens with zero attached hydrogens (tertiary/aromatic N) is 2. The molecule has 2 aromatic carbocycles. The van der Waals surface area contributed by atoms with Gasteiger partial charge in [-0.15, -0.1) is 0 Å². The van der Waals surface area contributed by atoms with Gasteiger partial charge in [0.05, 0.1) is 30.2 Å². The highest BCUT2D eigenvalue weighted by atomic mass is 16.5. The zero-order valence-electron chi connectivity index (χ0n) is 22.2. The van der Waals surface area contributed by atoms with E-state index in [1.165, 1.54) is 6.07 Å². The van der Waals surface area contributed by atoms with Crippen LogP contribution in [0, 0.1) is 6.92 Å². The van der Waals surface area contributed by atoms with Crippen LogP contribution in [0.15, 0.2) is 59.1 Å². The van der Waals surface area contributed by atoms with Crippen LogP contribution in [-0.4, -0.2) is 59.7 Å². The summed E-state index contributed by atoms with van der Waals surface area (Å²) in [5, 5.41) is 9.51. The maximum Gasteiger partial charge on any atom is 0.277 e. The summed E-state index contributed by atoms with van der Waals surface area (Å²) in [5.74, 6) is 0.183. The van der Waals surface area contributed by atoms with Gasteiger partial charge < -0.3 is 29.5 Å². The van der Waals surface area contributed by atoms with Crippen molar-refractivity contribution in [2.45, 2.75) is 57.4 Å². The molecule has 1 aromatic heterocycles. The van der Waals surface area contributed by atoms with Crippen molar-refractivity contribution in [1.29, 1.82) is 0 Å². The molecule has 4 atom stereocenters. The Hall–Kier alpha value is -4.18. The van der Waals surface area contributed by atoms with E-state index in [4.69, 9.17) is 14.0 Å². The number of rotatable bonds is 6. The van der Waals surface area contributed by atoms with Crippen molar-refractivity contribution in [3.63, 3.8) is 0 Å². The average molecular weight is 533 g/mol. The first kappa shape index (κ1) is 26.4. The second-order valence-corrected chi connectivity index (χ2v) is 10.1. The highest BCUT2D eigenvalue weighted by Crippen LogP contribution is 2.32. The zero-order valence-corrected chi connectivity index (χ0v) is 22.2. The minimum Gasteiger partial charge on any atom is -0.490 e. The summed E-state index contributed by atoms with van der Waals surface area (Å²) in [7, 11) is 1.75. The minimum absolute atomic E-state index is 0.0771. The minimum atomic E-state index is -0.437. The molecule has 2 aliphatic heterocycles. The van der Waals surface area contributed by atoms with Gasteiger partial charge in [-0.25, -0.2) is 0 Å². The summed E-state index contributed by atoms with van der Waals surface area (Å²) in [5.41, 5.74) is 1.98. The van der Waals surface area contributed by atoms with E-state index in [-0.39, 0.29) is 54.8 Å². The Morgan fingerprint density at radius 2 is 1.92 bits per heavy atom. The molecule has 3 aromatic rings. The van der Waals surface area contributed by atoms with E-state index in [0.717, 1.165) is 5.56 Å². The van der Waals surface area contributed by atoms with Gasteiger partial charge in [0, 0.05) is 18.8 Å².